The quantitative estimate of drug-likeness (QED) is 0.445. The molecule has 0 radical (unpaired) electrons. The zero-order valence-corrected chi connectivity index (χ0v) is 17.1. The van der Waals surface area contributed by atoms with Crippen molar-refractivity contribution in [2.45, 2.75) is 0 Å². The van der Waals surface area contributed by atoms with Crippen molar-refractivity contribution in [2.75, 3.05) is 30.4 Å². The van der Waals surface area contributed by atoms with Gasteiger partial charge in [-0.05, 0) is 60.2 Å². The van der Waals surface area contributed by atoms with Crippen molar-refractivity contribution in [1.29, 1.82) is 0 Å². The first-order chi connectivity index (χ1) is 14.5. The van der Waals surface area contributed by atoms with Crippen LogP contribution >= 0.6 is 0 Å². The summed E-state index contributed by atoms with van der Waals surface area (Å²) in [6.45, 7) is 0.663. The number of anilines is 2. The van der Waals surface area contributed by atoms with E-state index in [9.17, 15) is 9.59 Å². The molecule has 0 bridgehead atoms. The molecule has 154 valence electrons. The third-order valence-electron chi connectivity index (χ3n) is 4.80. The van der Waals surface area contributed by atoms with Crippen LogP contribution in [0.2, 0.25) is 0 Å². The van der Waals surface area contributed by atoms with Crippen LogP contribution in [-0.2, 0) is 7.05 Å². The van der Waals surface area contributed by atoms with E-state index in [0.717, 1.165) is 11.3 Å². The van der Waals surface area contributed by atoms with Crippen molar-refractivity contribution in [3.8, 4) is 0 Å². The number of carbonyl (C=O) groups excluding carboxylic acids is 2. The van der Waals surface area contributed by atoms with Crippen LogP contribution in [0.3, 0.4) is 0 Å². The Morgan fingerprint density at radius 1 is 1.07 bits per heavy atom. The summed E-state index contributed by atoms with van der Waals surface area (Å²) >= 11 is 0. The minimum atomic E-state index is -0.199. The number of aryl methyl sites for hydroxylation is 1. The number of aliphatic hydroxyl groups excluding tert-OH is 1. The van der Waals surface area contributed by atoms with Crippen LogP contribution in [0.4, 0.5) is 11.4 Å². The number of nitrogens with one attached hydrogen (secondary N) is 1. The van der Waals surface area contributed by atoms with Crippen LogP contribution in [0, 0.1) is 0 Å². The maximum Gasteiger partial charge on any atom is 0.272 e. The summed E-state index contributed by atoms with van der Waals surface area (Å²) in [4.78, 5) is 26.6. The highest BCUT2D eigenvalue weighted by molar-refractivity contribution is 6.07. The monoisotopic (exact) mass is 403 g/mol. The molecule has 1 aromatic heterocycles. The number of rotatable bonds is 8. The van der Waals surface area contributed by atoms with Crippen LogP contribution < -0.4 is 10.2 Å². The summed E-state index contributed by atoms with van der Waals surface area (Å²) < 4.78 is 1.75. The summed E-state index contributed by atoms with van der Waals surface area (Å²) in [5, 5.41) is 11.8. The molecule has 2 N–H and O–H groups in total. The Balaban J connectivity index is 1.60. The first-order valence-corrected chi connectivity index (χ1v) is 9.65. The molecule has 30 heavy (non-hydrogen) atoms. The van der Waals surface area contributed by atoms with Crippen LogP contribution in [0.25, 0.3) is 6.08 Å². The maximum absolute atomic E-state index is 12.4. The maximum atomic E-state index is 12.4. The second-order valence-electron chi connectivity index (χ2n) is 6.97. The van der Waals surface area contributed by atoms with E-state index in [1.54, 1.807) is 41.0 Å². The first kappa shape index (κ1) is 21.1. The SMILES string of the molecule is CN(CCO)c1ccc(/C=C/C(=O)c2ccc(NC(=O)c3cccn3C)cc2)cc1. The molecule has 0 atom stereocenters. The molecule has 0 fully saturated rings. The molecular formula is C24H25N3O3. The number of likely N-dealkylation sites (N-methyl/N-ethyl adjacent to an activating group) is 1. The van der Waals surface area contributed by atoms with Crippen molar-refractivity contribution in [1.82, 2.24) is 4.57 Å². The lowest BCUT2D eigenvalue weighted by Crippen LogP contribution is -2.20. The van der Waals surface area contributed by atoms with Crippen LogP contribution in [0.15, 0.2) is 72.9 Å². The normalized spacial score (nSPS) is 10.9. The lowest BCUT2D eigenvalue weighted by atomic mass is 10.1. The number of carbonyl (C=O) groups is 2. The summed E-state index contributed by atoms with van der Waals surface area (Å²) in [6, 6.07) is 18.1. The Bertz CT molecular complexity index is 1030. The Morgan fingerprint density at radius 3 is 2.37 bits per heavy atom. The van der Waals surface area contributed by atoms with Gasteiger partial charge in [0.25, 0.3) is 5.91 Å². The molecule has 3 aromatic rings. The van der Waals surface area contributed by atoms with Crippen molar-refractivity contribution < 1.29 is 14.7 Å². The molecule has 6 heteroatoms. The molecular weight excluding hydrogens is 378 g/mol. The molecule has 0 aliphatic carbocycles. The van der Waals surface area contributed by atoms with Gasteiger partial charge in [0.15, 0.2) is 5.78 Å². The zero-order chi connectivity index (χ0) is 21.5. The van der Waals surface area contributed by atoms with Gasteiger partial charge < -0.3 is 19.9 Å². The standard InChI is InChI=1S/C24H25N3O3/c1-26(16-17-28)21-12-5-18(6-13-21)7-14-23(29)19-8-10-20(11-9-19)25-24(30)22-4-3-15-27(22)2/h3-15,28H,16-17H2,1-2H3,(H,25,30)/b14-7+. The lowest BCUT2D eigenvalue weighted by Gasteiger charge is -2.17. The van der Waals surface area contributed by atoms with Crippen molar-refractivity contribution in [3.63, 3.8) is 0 Å². The van der Waals surface area contributed by atoms with E-state index in [1.165, 1.54) is 6.08 Å². The number of benzene rings is 2. The molecule has 0 spiro atoms. The van der Waals surface area contributed by atoms with Gasteiger partial charge in [-0.2, -0.15) is 0 Å². The van der Waals surface area contributed by atoms with Crippen LogP contribution in [0.5, 0.6) is 0 Å². The van der Waals surface area contributed by atoms with E-state index >= 15 is 0 Å². The summed E-state index contributed by atoms with van der Waals surface area (Å²) in [6.07, 6.45) is 5.11. The fourth-order valence-corrected chi connectivity index (χ4v) is 3.00. The predicted octanol–water partition coefficient (Wildman–Crippen LogP) is 3.60. The Hall–Kier alpha value is -3.64. The van der Waals surface area contributed by atoms with Crippen LogP contribution in [-0.4, -0.2) is 41.6 Å². The first-order valence-electron chi connectivity index (χ1n) is 9.65. The van der Waals surface area contributed by atoms with Gasteiger partial charge in [0.1, 0.15) is 5.69 Å². The highest BCUT2D eigenvalue weighted by Crippen LogP contribution is 2.16. The average molecular weight is 403 g/mol. The highest BCUT2D eigenvalue weighted by atomic mass is 16.3. The van der Waals surface area contributed by atoms with Gasteiger partial charge in [-0.1, -0.05) is 18.2 Å². The van der Waals surface area contributed by atoms with Crippen molar-refractivity contribution in [2.24, 2.45) is 7.05 Å². The predicted molar refractivity (Wildman–Crippen MR) is 120 cm³/mol. The number of hydrogen-bond acceptors (Lipinski definition) is 4. The van der Waals surface area contributed by atoms with E-state index in [-0.39, 0.29) is 18.3 Å². The van der Waals surface area contributed by atoms with E-state index in [1.807, 2.05) is 55.5 Å². The lowest BCUT2D eigenvalue weighted by molar-refractivity contribution is 0.101. The Labute approximate surface area is 176 Å². The Morgan fingerprint density at radius 2 is 1.77 bits per heavy atom. The smallest absolute Gasteiger partial charge is 0.272 e. The van der Waals surface area contributed by atoms with E-state index in [4.69, 9.17) is 5.11 Å². The Kier molecular flexibility index (Phi) is 6.83. The fraction of sp³-hybridized carbons (Fsp3) is 0.167. The van der Waals surface area contributed by atoms with Gasteiger partial charge in [-0.25, -0.2) is 0 Å². The highest BCUT2D eigenvalue weighted by Gasteiger charge is 2.09. The molecule has 0 unspecified atom stereocenters. The minimum absolute atomic E-state index is 0.0985. The van der Waals surface area contributed by atoms with E-state index in [0.29, 0.717) is 23.5 Å². The number of hydrogen-bond donors (Lipinski definition) is 2. The molecule has 0 saturated carbocycles. The minimum Gasteiger partial charge on any atom is -0.395 e. The summed E-state index contributed by atoms with van der Waals surface area (Å²) in [5.74, 6) is -0.314. The summed E-state index contributed by atoms with van der Waals surface area (Å²) in [7, 11) is 3.72. The molecule has 1 amide bonds. The number of aromatic nitrogens is 1. The average Bonchev–Trinajstić information content (AvgIpc) is 3.19. The topological polar surface area (TPSA) is 74.6 Å². The third-order valence-corrected chi connectivity index (χ3v) is 4.80. The fourth-order valence-electron chi connectivity index (χ4n) is 3.00. The molecule has 0 aliphatic heterocycles. The van der Waals surface area contributed by atoms with E-state index < -0.39 is 0 Å². The molecule has 2 aromatic carbocycles. The molecule has 0 aliphatic rings. The second-order valence-corrected chi connectivity index (χ2v) is 6.97. The number of allylic oxidation sites excluding steroid dienone is 1. The molecule has 3 rings (SSSR count). The van der Waals surface area contributed by atoms with Gasteiger partial charge in [0.2, 0.25) is 0 Å². The molecule has 6 nitrogen and oxygen atoms in total. The number of aliphatic hydroxyl groups is 1. The number of nitrogens with zero attached hydrogens (tertiary/aromatic N) is 2. The van der Waals surface area contributed by atoms with Gasteiger partial charge in [-0.15, -0.1) is 0 Å². The zero-order valence-electron chi connectivity index (χ0n) is 17.1. The van der Waals surface area contributed by atoms with Gasteiger partial charge in [0.05, 0.1) is 6.61 Å². The summed E-state index contributed by atoms with van der Waals surface area (Å²) in [5.41, 5.74) is 3.65. The van der Waals surface area contributed by atoms with Gasteiger partial charge >= 0.3 is 0 Å². The van der Waals surface area contributed by atoms with Gasteiger partial charge in [-0.3, -0.25) is 9.59 Å². The van der Waals surface area contributed by atoms with E-state index in [2.05, 4.69) is 5.32 Å². The molecule has 1 heterocycles. The molecule has 0 saturated heterocycles. The second kappa shape index (κ2) is 9.71. The number of ketones is 1. The number of amides is 1. The largest absolute Gasteiger partial charge is 0.395 e. The van der Waals surface area contributed by atoms with Gasteiger partial charge in [0, 0.05) is 43.8 Å². The van der Waals surface area contributed by atoms with Crippen LogP contribution in [0.1, 0.15) is 26.4 Å². The van der Waals surface area contributed by atoms with Crippen molar-refractivity contribution >= 4 is 29.1 Å². The van der Waals surface area contributed by atoms with Crippen molar-refractivity contribution in [3.05, 3.63) is 89.8 Å². The third kappa shape index (κ3) is 5.24.